The Balaban J connectivity index is 2.89. The minimum Gasteiger partial charge on any atom is -0.506 e. The van der Waals surface area contributed by atoms with Crippen LogP contribution in [0.1, 0.15) is 22.3 Å². The number of rotatable bonds is 2. The number of hydrogen-bond acceptors (Lipinski definition) is 4. The number of phenolic OH excluding ortho intramolecular Hbond substituents is 2. The first-order valence-corrected chi connectivity index (χ1v) is 6.85. The molecule has 27 heavy (non-hydrogen) atoms. The zero-order chi connectivity index (χ0) is 20.9. The number of benzene rings is 2. The van der Waals surface area contributed by atoms with Crippen LogP contribution in [0.3, 0.4) is 0 Å². The van der Waals surface area contributed by atoms with Gasteiger partial charge in [-0.3, -0.25) is 0 Å². The third kappa shape index (κ3) is 3.64. The van der Waals surface area contributed by atoms with E-state index >= 15 is 0 Å². The second-order valence-corrected chi connectivity index (χ2v) is 5.48. The van der Waals surface area contributed by atoms with Gasteiger partial charge in [-0.1, -0.05) is 0 Å². The smallest absolute Gasteiger partial charge is 0.416 e. The van der Waals surface area contributed by atoms with Crippen molar-refractivity contribution in [3.63, 3.8) is 0 Å². The molecule has 0 aliphatic carbocycles. The normalized spacial score (nSPS) is 13.0. The van der Waals surface area contributed by atoms with Crippen LogP contribution in [-0.4, -0.2) is 10.2 Å². The molecule has 4 nitrogen and oxygen atoms in total. The Labute approximate surface area is 145 Å². The van der Waals surface area contributed by atoms with E-state index in [2.05, 4.69) is 0 Å². The van der Waals surface area contributed by atoms with E-state index in [1.54, 1.807) is 0 Å². The molecule has 148 valence electrons. The quantitative estimate of drug-likeness (QED) is 0.340. The van der Waals surface area contributed by atoms with E-state index in [0.717, 1.165) is 0 Å². The van der Waals surface area contributed by atoms with Gasteiger partial charge >= 0.3 is 12.4 Å². The van der Waals surface area contributed by atoms with Gasteiger partial charge in [0, 0.05) is 11.1 Å². The number of halogens is 8. The van der Waals surface area contributed by atoms with Crippen molar-refractivity contribution in [1.82, 2.24) is 0 Å². The number of alkyl halides is 8. The molecule has 0 spiro atoms. The van der Waals surface area contributed by atoms with E-state index in [0.29, 0.717) is 0 Å². The summed E-state index contributed by atoms with van der Waals surface area (Å²) >= 11 is 0. The van der Waals surface area contributed by atoms with Crippen LogP contribution in [0.15, 0.2) is 24.3 Å². The summed E-state index contributed by atoms with van der Waals surface area (Å²) < 4.78 is 108. The lowest BCUT2D eigenvalue weighted by Crippen LogP contribution is -2.25. The first-order chi connectivity index (χ1) is 12.1. The maximum Gasteiger partial charge on any atom is 0.416 e. The average molecular weight is 402 g/mol. The summed E-state index contributed by atoms with van der Waals surface area (Å²) in [5, 5.41) is 18.8. The predicted molar refractivity (Wildman–Crippen MR) is 78.0 cm³/mol. The first kappa shape index (κ1) is 20.4. The molecule has 0 fully saturated rings. The van der Waals surface area contributed by atoms with Crippen molar-refractivity contribution in [1.29, 1.82) is 0 Å². The van der Waals surface area contributed by atoms with Gasteiger partial charge in [-0.25, -0.2) is 0 Å². The molecule has 0 saturated heterocycles. The Bertz CT molecular complexity index is 819. The number of hydrogen-bond donors (Lipinski definition) is 4. The van der Waals surface area contributed by atoms with Crippen LogP contribution in [0.25, 0.3) is 0 Å². The monoisotopic (exact) mass is 402 g/mol. The molecule has 0 unspecified atom stereocenters. The highest BCUT2D eigenvalue weighted by atomic mass is 19.4. The summed E-state index contributed by atoms with van der Waals surface area (Å²) in [4.78, 5) is 0. The number of aromatic hydroxyl groups is 2. The fourth-order valence-corrected chi connectivity index (χ4v) is 2.34. The van der Waals surface area contributed by atoms with Crippen LogP contribution in [-0.2, 0) is 18.3 Å². The lowest BCUT2D eigenvalue weighted by atomic mass is 9.90. The third-order valence-electron chi connectivity index (χ3n) is 3.62. The molecular weight excluding hydrogens is 392 g/mol. The van der Waals surface area contributed by atoms with E-state index < -0.39 is 63.4 Å². The van der Waals surface area contributed by atoms with E-state index in [1.165, 1.54) is 0 Å². The molecule has 12 heteroatoms. The first-order valence-electron chi connectivity index (χ1n) is 6.85. The molecule has 2 aromatic carbocycles. The van der Waals surface area contributed by atoms with Crippen LogP contribution in [0.4, 0.5) is 46.5 Å². The Morgan fingerprint density at radius 1 is 0.556 bits per heavy atom. The fourth-order valence-electron chi connectivity index (χ4n) is 2.34. The van der Waals surface area contributed by atoms with Gasteiger partial charge in [-0.05, 0) is 24.3 Å². The van der Waals surface area contributed by atoms with Crippen LogP contribution >= 0.6 is 0 Å². The summed E-state index contributed by atoms with van der Waals surface area (Å²) in [5.41, 5.74) is 0.302. The highest BCUT2D eigenvalue weighted by Crippen LogP contribution is 2.50. The standard InChI is InChI=1S/C15H10F8N2O2/c16-13(17,5-3-11(26)9(24)1-7(5)14(18,19)20)6-4-12(27)10(25)2-8(6)15(21,22)23/h1-4,26-27H,24-25H2. The van der Waals surface area contributed by atoms with Gasteiger partial charge in [0.1, 0.15) is 11.5 Å². The second-order valence-electron chi connectivity index (χ2n) is 5.48. The Kier molecular flexibility index (Phi) is 4.58. The lowest BCUT2D eigenvalue weighted by Gasteiger charge is -2.25. The molecule has 2 aromatic rings. The van der Waals surface area contributed by atoms with Gasteiger partial charge in [0.2, 0.25) is 0 Å². The van der Waals surface area contributed by atoms with E-state index in [9.17, 15) is 45.3 Å². The molecule has 0 aromatic heterocycles. The summed E-state index contributed by atoms with van der Waals surface area (Å²) in [6.45, 7) is 0. The molecule has 0 atom stereocenters. The molecule has 6 N–H and O–H groups in total. The number of anilines is 2. The predicted octanol–water partition coefficient (Wildman–Crippen LogP) is 4.44. The number of phenols is 2. The van der Waals surface area contributed by atoms with Gasteiger partial charge in [-0.15, -0.1) is 0 Å². The average Bonchev–Trinajstić information content (AvgIpc) is 2.49. The third-order valence-corrected chi connectivity index (χ3v) is 3.62. The van der Waals surface area contributed by atoms with Crippen LogP contribution in [0.2, 0.25) is 0 Å². The molecule has 0 bridgehead atoms. The second kappa shape index (κ2) is 6.06. The van der Waals surface area contributed by atoms with Gasteiger partial charge in [-0.2, -0.15) is 35.1 Å². The van der Waals surface area contributed by atoms with Crippen LogP contribution < -0.4 is 11.5 Å². The molecule has 0 heterocycles. The van der Waals surface area contributed by atoms with Gasteiger partial charge in [0.25, 0.3) is 5.92 Å². The molecule has 0 radical (unpaired) electrons. The van der Waals surface area contributed by atoms with Crippen molar-refractivity contribution in [2.75, 3.05) is 11.5 Å². The topological polar surface area (TPSA) is 92.5 Å². The largest absolute Gasteiger partial charge is 0.506 e. The SMILES string of the molecule is Nc1cc(C(F)(F)F)c(C(F)(F)c2cc(O)c(N)cc2C(F)(F)F)cc1O. The number of nitrogen functional groups attached to an aromatic ring is 2. The minimum absolute atomic E-state index is 0.0248. The van der Waals surface area contributed by atoms with E-state index in [-0.39, 0.29) is 24.3 Å². The Morgan fingerprint density at radius 3 is 1.11 bits per heavy atom. The summed E-state index contributed by atoms with van der Waals surface area (Å²) in [6, 6.07) is -0.205. The van der Waals surface area contributed by atoms with E-state index in [4.69, 9.17) is 11.5 Å². The molecule has 0 aliphatic rings. The van der Waals surface area contributed by atoms with Crippen LogP contribution in [0.5, 0.6) is 11.5 Å². The van der Waals surface area contributed by atoms with Gasteiger partial charge < -0.3 is 21.7 Å². The Morgan fingerprint density at radius 2 is 0.852 bits per heavy atom. The number of nitrogens with two attached hydrogens (primary N) is 2. The highest BCUT2D eigenvalue weighted by Gasteiger charge is 2.49. The highest BCUT2D eigenvalue weighted by molar-refractivity contribution is 5.62. The maximum absolute atomic E-state index is 14.8. The van der Waals surface area contributed by atoms with Crippen molar-refractivity contribution < 1.29 is 45.3 Å². The van der Waals surface area contributed by atoms with Crippen molar-refractivity contribution in [3.8, 4) is 11.5 Å². The molecular formula is C15H10F8N2O2. The lowest BCUT2D eigenvalue weighted by molar-refractivity contribution is -0.143. The van der Waals surface area contributed by atoms with Crippen molar-refractivity contribution >= 4 is 11.4 Å². The zero-order valence-electron chi connectivity index (χ0n) is 12.9. The maximum atomic E-state index is 14.8. The Hall–Kier alpha value is -2.92. The molecule has 2 rings (SSSR count). The fraction of sp³-hybridized carbons (Fsp3) is 0.200. The van der Waals surface area contributed by atoms with E-state index in [1.807, 2.05) is 0 Å². The van der Waals surface area contributed by atoms with Crippen LogP contribution in [0, 0.1) is 0 Å². The van der Waals surface area contributed by atoms with Gasteiger partial charge in [0.15, 0.2) is 0 Å². The molecule has 0 aliphatic heterocycles. The van der Waals surface area contributed by atoms with Crippen molar-refractivity contribution in [2.45, 2.75) is 18.3 Å². The molecule has 0 amide bonds. The summed E-state index contributed by atoms with van der Waals surface area (Å²) in [6.07, 6.45) is -10.8. The minimum atomic E-state index is -5.42. The van der Waals surface area contributed by atoms with Gasteiger partial charge in [0.05, 0.1) is 22.5 Å². The van der Waals surface area contributed by atoms with Crippen molar-refractivity contribution in [2.24, 2.45) is 0 Å². The summed E-state index contributed by atoms with van der Waals surface area (Å²) in [7, 11) is 0. The van der Waals surface area contributed by atoms with Crippen molar-refractivity contribution in [3.05, 3.63) is 46.5 Å². The molecule has 0 saturated carbocycles. The summed E-state index contributed by atoms with van der Waals surface area (Å²) in [5.74, 6) is -7.30. The zero-order valence-corrected chi connectivity index (χ0v) is 12.9.